The van der Waals surface area contributed by atoms with Crippen LogP contribution in [0.15, 0.2) is 39.3 Å². The van der Waals surface area contributed by atoms with Gasteiger partial charge in [-0.1, -0.05) is 41.4 Å². The lowest BCUT2D eigenvalue weighted by molar-refractivity contribution is 0.576. The predicted molar refractivity (Wildman–Crippen MR) is 89.2 cm³/mol. The topological polar surface area (TPSA) is 12.0 Å². The minimum Gasteiger partial charge on any atom is -0.309 e. The second kappa shape index (κ2) is 6.75. The van der Waals surface area contributed by atoms with Gasteiger partial charge < -0.3 is 5.32 Å². The van der Waals surface area contributed by atoms with Crippen molar-refractivity contribution in [2.24, 2.45) is 0 Å². The molecule has 1 N–H and O–H groups in total. The van der Waals surface area contributed by atoms with Gasteiger partial charge in [0, 0.05) is 14.5 Å². The molecule has 0 saturated carbocycles. The quantitative estimate of drug-likeness (QED) is 0.579. The zero-order chi connectivity index (χ0) is 14.9. The van der Waals surface area contributed by atoms with Gasteiger partial charge in [0.15, 0.2) is 0 Å². The van der Waals surface area contributed by atoms with Crippen molar-refractivity contribution in [2.75, 3.05) is 7.05 Å². The van der Waals surface area contributed by atoms with Crippen molar-refractivity contribution < 1.29 is 4.39 Å². The Balaban J connectivity index is 2.59. The van der Waals surface area contributed by atoms with Gasteiger partial charge >= 0.3 is 0 Å². The molecule has 0 radical (unpaired) electrons. The minimum absolute atomic E-state index is 0.0638. The number of benzene rings is 2. The first-order valence-corrected chi connectivity index (χ1v) is 8.06. The maximum absolute atomic E-state index is 14.4. The number of halogens is 5. The molecule has 1 nitrogen and oxygen atoms in total. The Bertz CT molecular complexity index is 649. The fourth-order valence-corrected chi connectivity index (χ4v) is 3.08. The van der Waals surface area contributed by atoms with Gasteiger partial charge in [0.1, 0.15) is 5.82 Å². The summed E-state index contributed by atoms with van der Waals surface area (Å²) in [5.41, 5.74) is 1.22. The average molecular weight is 442 g/mol. The van der Waals surface area contributed by atoms with Gasteiger partial charge in [-0.15, -0.1) is 0 Å². The summed E-state index contributed by atoms with van der Waals surface area (Å²) >= 11 is 18.8. The molecule has 0 aromatic heterocycles. The normalized spacial score (nSPS) is 12.5. The van der Waals surface area contributed by atoms with Crippen molar-refractivity contribution in [3.63, 3.8) is 0 Å². The first-order valence-electron chi connectivity index (χ1n) is 5.72. The summed E-state index contributed by atoms with van der Waals surface area (Å²) in [6, 6.07) is 8.56. The summed E-state index contributed by atoms with van der Waals surface area (Å²) in [5, 5.41) is 3.68. The molecule has 0 spiro atoms. The predicted octanol–water partition coefficient (Wildman–Crippen LogP) is 5.97. The molecule has 6 heteroatoms. The Hall–Kier alpha value is -0.130. The van der Waals surface area contributed by atoms with E-state index in [9.17, 15) is 4.39 Å². The molecular weight excluding hydrogens is 432 g/mol. The Morgan fingerprint density at radius 2 is 1.65 bits per heavy atom. The molecule has 1 unspecified atom stereocenters. The summed E-state index contributed by atoms with van der Waals surface area (Å²) in [6.45, 7) is 0. The Labute approximate surface area is 143 Å². The Kier molecular flexibility index (Phi) is 5.49. The molecule has 0 aliphatic heterocycles. The highest BCUT2D eigenvalue weighted by Crippen LogP contribution is 2.37. The van der Waals surface area contributed by atoms with Gasteiger partial charge in [-0.25, -0.2) is 4.39 Å². The van der Waals surface area contributed by atoms with Crippen LogP contribution in [0.5, 0.6) is 0 Å². The fraction of sp³-hybridized carbons (Fsp3) is 0.143. The third-order valence-corrected chi connectivity index (χ3v) is 5.53. The average Bonchev–Trinajstić information content (AvgIpc) is 2.44. The van der Waals surface area contributed by atoms with Crippen LogP contribution in [-0.2, 0) is 0 Å². The molecule has 2 aromatic carbocycles. The highest BCUT2D eigenvalue weighted by molar-refractivity contribution is 9.10. The van der Waals surface area contributed by atoms with Crippen LogP contribution in [-0.4, -0.2) is 7.05 Å². The number of hydrogen-bond donors (Lipinski definition) is 1. The summed E-state index contributed by atoms with van der Waals surface area (Å²) in [6.07, 6.45) is 0. The van der Waals surface area contributed by atoms with Crippen LogP contribution in [0.3, 0.4) is 0 Å². The summed E-state index contributed by atoms with van der Waals surface area (Å²) < 4.78 is 15.6. The third kappa shape index (κ3) is 3.04. The molecule has 2 aromatic rings. The maximum Gasteiger partial charge on any atom is 0.148 e. The fourth-order valence-electron chi connectivity index (χ4n) is 1.99. The van der Waals surface area contributed by atoms with Gasteiger partial charge in [-0.3, -0.25) is 0 Å². The van der Waals surface area contributed by atoms with Crippen LogP contribution in [0.25, 0.3) is 0 Å². The monoisotopic (exact) mass is 439 g/mol. The molecule has 0 fully saturated rings. The van der Waals surface area contributed by atoms with Crippen molar-refractivity contribution in [1.29, 1.82) is 0 Å². The molecule has 0 heterocycles. The lowest BCUT2D eigenvalue weighted by Crippen LogP contribution is -2.19. The standard InChI is InChI=1S/C14H10Br2Cl2FN/c1-20-14(7-3-2-4-9(15)11(7)17)8-5-6-10(16)12(18)13(8)19/h2-6,14,20H,1H3. The summed E-state index contributed by atoms with van der Waals surface area (Å²) in [5.74, 6) is -0.462. The molecule has 106 valence electrons. The van der Waals surface area contributed by atoms with E-state index in [1.54, 1.807) is 19.2 Å². The van der Waals surface area contributed by atoms with Gasteiger partial charge in [0.25, 0.3) is 0 Å². The van der Waals surface area contributed by atoms with E-state index in [0.29, 0.717) is 15.1 Å². The Morgan fingerprint density at radius 1 is 1.00 bits per heavy atom. The molecule has 2 rings (SSSR count). The van der Waals surface area contributed by atoms with Crippen molar-refractivity contribution in [1.82, 2.24) is 5.32 Å². The number of hydrogen-bond acceptors (Lipinski definition) is 1. The van der Waals surface area contributed by atoms with Gasteiger partial charge in [0.05, 0.1) is 16.1 Å². The lowest BCUT2D eigenvalue weighted by Gasteiger charge is -2.20. The molecular formula is C14H10Br2Cl2FN. The van der Waals surface area contributed by atoms with E-state index in [2.05, 4.69) is 37.2 Å². The number of nitrogens with one attached hydrogen (secondary N) is 1. The van der Waals surface area contributed by atoms with Crippen LogP contribution in [0.4, 0.5) is 4.39 Å². The van der Waals surface area contributed by atoms with E-state index in [4.69, 9.17) is 23.2 Å². The highest BCUT2D eigenvalue weighted by Gasteiger charge is 2.22. The second-order valence-electron chi connectivity index (χ2n) is 4.13. The molecule has 20 heavy (non-hydrogen) atoms. The van der Waals surface area contributed by atoms with E-state index in [-0.39, 0.29) is 11.1 Å². The van der Waals surface area contributed by atoms with Gasteiger partial charge in [-0.05, 0) is 56.6 Å². The largest absolute Gasteiger partial charge is 0.309 e. The Morgan fingerprint density at radius 3 is 2.30 bits per heavy atom. The zero-order valence-electron chi connectivity index (χ0n) is 10.4. The van der Waals surface area contributed by atoms with E-state index >= 15 is 0 Å². The molecule has 0 aliphatic carbocycles. The molecule has 0 amide bonds. The second-order valence-corrected chi connectivity index (χ2v) is 6.59. The lowest BCUT2D eigenvalue weighted by atomic mass is 9.98. The van der Waals surface area contributed by atoms with Crippen LogP contribution in [0, 0.1) is 5.82 Å². The van der Waals surface area contributed by atoms with E-state index < -0.39 is 5.82 Å². The first kappa shape index (κ1) is 16.2. The van der Waals surface area contributed by atoms with Crippen LogP contribution in [0.1, 0.15) is 17.2 Å². The molecule has 0 aliphatic rings. The van der Waals surface area contributed by atoms with E-state index in [0.717, 1.165) is 10.0 Å². The number of rotatable bonds is 3. The van der Waals surface area contributed by atoms with Crippen molar-refractivity contribution in [3.8, 4) is 0 Å². The zero-order valence-corrected chi connectivity index (χ0v) is 15.0. The molecule has 0 saturated heterocycles. The van der Waals surface area contributed by atoms with Crippen molar-refractivity contribution in [2.45, 2.75) is 6.04 Å². The SMILES string of the molecule is CNC(c1ccc(Br)c(Cl)c1F)c1cccc(Br)c1Cl. The third-order valence-electron chi connectivity index (χ3n) is 2.96. The smallest absolute Gasteiger partial charge is 0.148 e. The van der Waals surface area contributed by atoms with E-state index in [1.165, 1.54) is 0 Å². The molecule has 0 bridgehead atoms. The molecule has 1 atom stereocenters. The summed E-state index contributed by atoms with van der Waals surface area (Å²) in [7, 11) is 1.75. The van der Waals surface area contributed by atoms with Gasteiger partial charge in [-0.2, -0.15) is 0 Å². The highest BCUT2D eigenvalue weighted by atomic mass is 79.9. The van der Waals surface area contributed by atoms with Crippen molar-refractivity contribution >= 4 is 55.1 Å². The van der Waals surface area contributed by atoms with E-state index in [1.807, 2.05) is 18.2 Å². The minimum atomic E-state index is -0.462. The van der Waals surface area contributed by atoms with Crippen LogP contribution >= 0.6 is 55.1 Å². The van der Waals surface area contributed by atoms with Crippen LogP contribution in [0.2, 0.25) is 10.0 Å². The van der Waals surface area contributed by atoms with Gasteiger partial charge in [0.2, 0.25) is 0 Å². The summed E-state index contributed by atoms with van der Waals surface area (Å²) in [4.78, 5) is 0. The van der Waals surface area contributed by atoms with Crippen LogP contribution < -0.4 is 5.32 Å². The maximum atomic E-state index is 14.4. The first-order chi connectivity index (χ1) is 9.47. The van der Waals surface area contributed by atoms with Crippen molar-refractivity contribution in [3.05, 3.63) is 66.3 Å².